The normalized spacial score (nSPS) is 11.9. The molecule has 3 aromatic rings. The van der Waals surface area contributed by atoms with Crippen LogP contribution in [-0.4, -0.2) is 79.4 Å². The zero-order chi connectivity index (χ0) is 28.4. The number of carboxylic acid groups (broad SMARTS) is 2. The second-order valence-electron chi connectivity index (χ2n) is 7.20. The molecule has 1 amide bonds. The van der Waals surface area contributed by atoms with Gasteiger partial charge in [0.25, 0.3) is 0 Å². The van der Waals surface area contributed by atoms with Gasteiger partial charge in [-0.15, -0.1) is 0 Å². The first-order valence-corrected chi connectivity index (χ1v) is 10.8. The van der Waals surface area contributed by atoms with Crippen molar-refractivity contribution in [2.45, 2.75) is 18.6 Å². The summed E-state index contributed by atoms with van der Waals surface area (Å²) in [5.74, 6) is -3.38. The highest BCUT2D eigenvalue weighted by molar-refractivity contribution is 6.31. The number of hydrogen-bond acceptors (Lipinski definition) is 11. The van der Waals surface area contributed by atoms with Gasteiger partial charge in [-0.25, -0.2) is 29.4 Å². The molecule has 0 radical (unpaired) electrons. The van der Waals surface area contributed by atoms with Crippen LogP contribution in [0.3, 0.4) is 0 Å². The summed E-state index contributed by atoms with van der Waals surface area (Å²) in [5.41, 5.74) is 2.67. The molecule has 0 saturated heterocycles. The fourth-order valence-electron chi connectivity index (χ4n) is 2.73. The van der Waals surface area contributed by atoms with Crippen molar-refractivity contribution in [1.82, 2.24) is 15.4 Å². The van der Waals surface area contributed by atoms with Crippen LogP contribution < -0.4 is 20.3 Å². The van der Waals surface area contributed by atoms with Crippen molar-refractivity contribution >= 4 is 51.9 Å². The number of carbonyl (C=O) groups excluding carboxylic acids is 1. The smallest absolute Gasteiger partial charge is 0.335 e. The maximum Gasteiger partial charge on any atom is 0.335 e. The SMILES string of the molecule is COc1cc2ncnc(Nc3ccc(F)c(Cl)c3)c2cc1OCCC(=O)NO.O=C(O)C(O)C(O)C(=O)O. The van der Waals surface area contributed by atoms with Crippen LogP contribution >= 0.6 is 11.6 Å². The van der Waals surface area contributed by atoms with Gasteiger partial charge in [-0.1, -0.05) is 11.6 Å². The molecule has 0 aliphatic rings. The number of amides is 1. The first-order valence-electron chi connectivity index (χ1n) is 10.4. The van der Waals surface area contributed by atoms with Gasteiger partial charge in [-0.05, 0) is 24.3 Å². The molecule has 0 aliphatic heterocycles. The van der Waals surface area contributed by atoms with E-state index in [1.165, 1.54) is 37.1 Å². The Morgan fingerprint density at radius 3 is 2.26 bits per heavy atom. The number of carbonyl (C=O) groups is 3. The molecule has 38 heavy (non-hydrogen) atoms. The fourth-order valence-corrected chi connectivity index (χ4v) is 2.91. The molecule has 2 atom stereocenters. The highest BCUT2D eigenvalue weighted by Gasteiger charge is 2.29. The van der Waals surface area contributed by atoms with E-state index in [2.05, 4.69) is 15.3 Å². The molecule has 16 heteroatoms. The van der Waals surface area contributed by atoms with Crippen molar-refractivity contribution in [3.63, 3.8) is 0 Å². The second kappa shape index (κ2) is 13.8. The van der Waals surface area contributed by atoms with Crippen LogP contribution in [0.5, 0.6) is 11.5 Å². The Balaban J connectivity index is 0.000000432. The lowest BCUT2D eigenvalue weighted by Crippen LogP contribution is -2.39. The molecule has 1 aromatic heterocycles. The molecule has 0 fully saturated rings. The van der Waals surface area contributed by atoms with Gasteiger partial charge in [0.2, 0.25) is 5.91 Å². The van der Waals surface area contributed by atoms with Crippen molar-refractivity contribution in [2.75, 3.05) is 19.0 Å². The summed E-state index contributed by atoms with van der Waals surface area (Å²) in [6.07, 6.45) is -3.20. The third-order valence-electron chi connectivity index (χ3n) is 4.62. The first-order chi connectivity index (χ1) is 18.0. The number of carboxylic acids is 2. The molecule has 0 aliphatic carbocycles. The van der Waals surface area contributed by atoms with Crippen molar-refractivity contribution in [3.8, 4) is 11.5 Å². The maximum atomic E-state index is 13.4. The first kappa shape index (κ1) is 29.9. The molecule has 7 N–H and O–H groups in total. The number of anilines is 2. The van der Waals surface area contributed by atoms with Crippen molar-refractivity contribution in [2.24, 2.45) is 0 Å². The minimum atomic E-state index is -2.27. The Morgan fingerprint density at radius 2 is 1.71 bits per heavy atom. The molecular weight excluding hydrogens is 535 g/mol. The molecular formula is C22H22ClFN4O10. The lowest BCUT2D eigenvalue weighted by molar-refractivity contribution is -0.165. The summed E-state index contributed by atoms with van der Waals surface area (Å²) in [7, 11) is 1.48. The Bertz CT molecular complexity index is 1290. The third-order valence-corrected chi connectivity index (χ3v) is 4.91. The van der Waals surface area contributed by atoms with Crippen LogP contribution in [0.4, 0.5) is 15.9 Å². The molecule has 204 valence electrons. The van der Waals surface area contributed by atoms with Gasteiger partial charge in [0.05, 0.1) is 30.7 Å². The van der Waals surface area contributed by atoms with Gasteiger partial charge >= 0.3 is 11.9 Å². The summed E-state index contributed by atoms with van der Waals surface area (Å²) < 4.78 is 24.3. The van der Waals surface area contributed by atoms with Gasteiger partial charge in [0.15, 0.2) is 23.7 Å². The fraction of sp³-hybridized carbons (Fsp3) is 0.227. The van der Waals surface area contributed by atoms with Crippen molar-refractivity contribution < 1.29 is 53.9 Å². The van der Waals surface area contributed by atoms with E-state index in [-0.39, 0.29) is 18.1 Å². The zero-order valence-corrected chi connectivity index (χ0v) is 20.2. The standard InChI is InChI=1S/C18H16ClFN4O4.C4H6O6/c1-27-15-8-14-11(7-16(15)28-5-4-17(25)24-26)18(22-9-21-14)23-10-2-3-13(20)12(19)6-10;5-1(3(7)8)2(6)4(9)10/h2-3,6-9,26H,4-5H2,1H3,(H,24,25)(H,21,22,23);1-2,5-6H,(H,7,8)(H,9,10). The summed E-state index contributed by atoms with van der Waals surface area (Å²) in [4.78, 5) is 39.1. The number of aliphatic carboxylic acids is 2. The van der Waals surface area contributed by atoms with Crippen LogP contribution in [0.25, 0.3) is 10.9 Å². The van der Waals surface area contributed by atoms with Gasteiger partial charge in [0.1, 0.15) is 18.0 Å². The largest absolute Gasteiger partial charge is 0.493 e. The number of halogens is 2. The van der Waals surface area contributed by atoms with Crippen LogP contribution in [0.1, 0.15) is 6.42 Å². The predicted octanol–water partition coefficient (Wildman–Crippen LogP) is 1.33. The lowest BCUT2D eigenvalue weighted by Gasteiger charge is -2.14. The van der Waals surface area contributed by atoms with E-state index in [1.807, 2.05) is 0 Å². The number of hydroxylamine groups is 1. The molecule has 2 aromatic carbocycles. The number of hydrogen-bond donors (Lipinski definition) is 7. The molecule has 0 spiro atoms. The summed E-state index contributed by atoms with van der Waals surface area (Å²) in [6.45, 7) is 0.0261. The van der Waals surface area contributed by atoms with Crippen molar-refractivity contribution in [1.29, 1.82) is 0 Å². The van der Waals surface area contributed by atoms with Gasteiger partial charge in [-0.3, -0.25) is 10.0 Å². The Labute approximate surface area is 218 Å². The van der Waals surface area contributed by atoms with Crippen LogP contribution in [0.15, 0.2) is 36.7 Å². The lowest BCUT2D eigenvalue weighted by atomic mass is 10.2. The maximum absolute atomic E-state index is 13.4. The zero-order valence-electron chi connectivity index (χ0n) is 19.5. The monoisotopic (exact) mass is 556 g/mol. The molecule has 14 nitrogen and oxygen atoms in total. The van der Waals surface area contributed by atoms with Crippen LogP contribution in [0, 0.1) is 5.82 Å². The number of methoxy groups -OCH3 is 1. The number of nitrogens with zero attached hydrogens (tertiary/aromatic N) is 2. The topological polar surface area (TPSA) is 221 Å². The Kier molecular flexibility index (Phi) is 10.9. The number of aromatic nitrogens is 2. The molecule has 0 bridgehead atoms. The number of aliphatic hydroxyl groups is 2. The van der Waals surface area contributed by atoms with Crippen LogP contribution in [-0.2, 0) is 14.4 Å². The Hall–Kier alpha value is -4.31. The van der Waals surface area contributed by atoms with Gasteiger partial charge < -0.3 is 35.2 Å². The molecule has 3 rings (SSSR count). The van der Waals surface area contributed by atoms with Crippen molar-refractivity contribution in [3.05, 3.63) is 47.5 Å². The number of nitrogens with one attached hydrogen (secondary N) is 2. The van der Waals surface area contributed by atoms with E-state index in [1.54, 1.807) is 12.1 Å². The number of aliphatic hydroxyl groups excluding tert-OH is 2. The Morgan fingerprint density at radius 1 is 1.05 bits per heavy atom. The van der Waals surface area contributed by atoms with E-state index in [0.29, 0.717) is 33.9 Å². The summed E-state index contributed by atoms with van der Waals surface area (Å²) in [6, 6.07) is 7.56. The number of fused-ring (bicyclic) bond motifs is 1. The number of ether oxygens (including phenoxy) is 2. The minimum absolute atomic E-state index is 0.0174. The third kappa shape index (κ3) is 8.10. The van der Waals surface area contributed by atoms with Gasteiger partial charge in [0, 0.05) is 17.1 Å². The second-order valence-corrected chi connectivity index (χ2v) is 7.60. The minimum Gasteiger partial charge on any atom is -0.493 e. The highest BCUT2D eigenvalue weighted by atomic mass is 35.5. The summed E-state index contributed by atoms with van der Waals surface area (Å²) >= 11 is 5.82. The average molecular weight is 557 g/mol. The predicted molar refractivity (Wildman–Crippen MR) is 128 cm³/mol. The highest BCUT2D eigenvalue weighted by Crippen LogP contribution is 2.35. The van der Waals surface area contributed by atoms with Gasteiger partial charge in [-0.2, -0.15) is 0 Å². The molecule has 1 heterocycles. The molecule has 0 saturated carbocycles. The summed E-state index contributed by atoms with van der Waals surface area (Å²) in [5, 5.41) is 44.7. The van der Waals surface area contributed by atoms with E-state index >= 15 is 0 Å². The number of rotatable bonds is 10. The average Bonchev–Trinajstić information content (AvgIpc) is 2.89. The van der Waals surface area contributed by atoms with E-state index < -0.39 is 35.9 Å². The quantitative estimate of drug-likeness (QED) is 0.138. The molecule has 2 unspecified atom stereocenters. The van der Waals surface area contributed by atoms with E-state index in [0.717, 1.165) is 0 Å². The van der Waals surface area contributed by atoms with Crippen LogP contribution in [0.2, 0.25) is 5.02 Å². The van der Waals surface area contributed by atoms with E-state index in [9.17, 15) is 18.8 Å². The van der Waals surface area contributed by atoms with E-state index in [4.69, 9.17) is 46.7 Å². The number of benzene rings is 2.